The van der Waals surface area contributed by atoms with Crippen LogP contribution in [0.25, 0.3) is 0 Å². The van der Waals surface area contributed by atoms with Gasteiger partial charge in [-0.2, -0.15) is 4.31 Å². The van der Waals surface area contributed by atoms with Crippen LogP contribution in [0.4, 0.5) is 4.39 Å². The van der Waals surface area contributed by atoms with Gasteiger partial charge in [0.15, 0.2) is 0 Å². The van der Waals surface area contributed by atoms with Crippen LogP contribution in [0.2, 0.25) is 5.02 Å². The predicted octanol–water partition coefficient (Wildman–Crippen LogP) is 1.87. The van der Waals surface area contributed by atoms with Gasteiger partial charge < -0.3 is 5.73 Å². The van der Waals surface area contributed by atoms with Gasteiger partial charge in [0.1, 0.15) is 5.82 Å². The second kappa shape index (κ2) is 6.37. The van der Waals surface area contributed by atoms with E-state index in [9.17, 15) is 12.8 Å². The van der Waals surface area contributed by atoms with Crippen molar-refractivity contribution in [2.24, 2.45) is 11.7 Å². The van der Waals surface area contributed by atoms with E-state index in [2.05, 4.69) is 0 Å². The van der Waals surface area contributed by atoms with Crippen LogP contribution in [-0.4, -0.2) is 32.4 Å². The number of rotatable bonds is 3. The molecule has 8 heteroatoms. The summed E-state index contributed by atoms with van der Waals surface area (Å²) in [6, 6.07) is 3.32. The highest BCUT2D eigenvalue weighted by atomic mass is 35.5. The first kappa shape index (κ1) is 16.7. The summed E-state index contributed by atoms with van der Waals surface area (Å²) >= 11 is 5.68. The number of benzene rings is 1. The van der Waals surface area contributed by atoms with E-state index in [1.165, 1.54) is 10.4 Å². The number of halogens is 3. The molecule has 0 aliphatic carbocycles. The molecule has 0 aromatic heterocycles. The lowest BCUT2D eigenvalue weighted by Gasteiger charge is -2.16. The minimum Gasteiger partial charge on any atom is -0.330 e. The van der Waals surface area contributed by atoms with Crippen molar-refractivity contribution in [2.75, 3.05) is 19.6 Å². The molecule has 0 spiro atoms. The molecule has 1 aliphatic rings. The highest BCUT2D eigenvalue weighted by molar-refractivity contribution is 7.89. The Morgan fingerprint density at radius 1 is 1.42 bits per heavy atom. The fourth-order valence-corrected chi connectivity index (χ4v) is 3.91. The summed E-state index contributed by atoms with van der Waals surface area (Å²) in [4.78, 5) is -0.106. The Bertz CT molecular complexity index is 533. The summed E-state index contributed by atoms with van der Waals surface area (Å²) in [6.45, 7) is 1.25. The van der Waals surface area contributed by atoms with E-state index in [4.69, 9.17) is 17.3 Å². The summed E-state index contributed by atoms with van der Waals surface area (Å²) < 4.78 is 39.1. The summed E-state index contributed by atoms with van der Waals surface area (Å²) in [6.07, 6.45) is 0.735. The second-order valence-electron chi connectivity index (χ2n) is 4.36. The Hall–Kier alpha value is -0.400. The highest BCUT2D eigenvalue weighted by Gasteiger charge is 2.32. The van der Waals surface area contributed by atoms with E-state index < -0.39 is 15.8 Å². The van der Waals surface area contributed by atoms with Crippen LogP contribution in [0.1, 0.15) is 6.42 Å². The van der Waals surface area contributed by atoms with Crippen molar-refractivity contribution in [1.29, 1.82) is 0 Å². The number of hydrogen-bond donors (Lipinski definition) is 1. The number of hydrogen-bond acceptors (Lipinski definition) is 3. The van der Waals surface area contributed by atoms with E-state index in [0.29, 0.717) is 19.6 Å². The second-order valence-corrected chi connectivity index (χ2v) is 6.73. The maximum absolute atomic E-state index is 13.2. The maximum Gasteiger partial charge on any atom is 0.243 e. The van der Waals surface area contributed by atoms with E-state index >= 15 is 0 Å². The number of nitrogens with two attached hydrogens (primary N) is 1. The molecule has 2 N–H and O–H groups in total. The van der Waals surface area contributed by atoms with Gasteiger partial charge in [0.2, 0.25) is 10.0 Å². The first-order valence-electron chi connectivity index (χ1n) is 5.60. The monoisotopic (exact) mass is 328 g/mol. The Labute approximate surface area is 123 Å². The van der Waals surface area contributed by atoms with Crippen LogP contribution in [0.15, 0.2) is 23.1 Å². The van der Waals surface area contributed by atoms with Crippen LogP contribution in [0.5, 0.6) is 0 Å². The molecule has 1 aliphatic heterocycles. The Morgan fingerprint density at radius 2 is 2.11 bits per heavy atom. The van der Waals surface area contributed by atoms with Gasteiger partial charge in [-0.25, -0.2) is 12.8 Å². The van der Waals surface area contributed by atoms with Crippen molar-refractivity contribution in [3.63, 3.8) is 0 Å². The van der Waals surface area contributed by atoms with Crippen molar-refractivity contribution >= 4 is 34.0 Å². The lowest BCUT2D eigenvalue weighted by molar-refractivity contribution is 0.458. The van der Waals surface area contributed by atoms with E-state index in [-0.39, 0.29) is 28.2 Å². The first-order valence-corrected chi connectivity index (χ1v) is 7.41. The molecule has 1 aromatic rings. The van der Waals surface area contributed by atoms with Crippen molar-refractivity contribution in [2.45, 2.75) is 11.3 Å². The summed E-state index contributed by atoms with van der Waals surface area (Å²) in [5, 5.41) is 0.0724. The Kier molecular flexibility index (Phi) is 5.58. The third kappa shape index (κ3) is 3.58. The molecule has 4 nitrogen and oxygen atoms in total. The molecule has 1 heterocycles. The molecule has 0 bridgehead atoms. The van der Waals surface area contributed by atoms with Crippen molar-refractivity contribution < 1.29 is 12.8 Å². The molecule has 1 fully saturated rings. The molecule has 1 aromatic carbocycles. The van der Waals surface area contributed by atoms with Gasteiger partial charge >= 0.3 is 0 Å². The molecule has 19 heavy (non-hydrogen) atoms. The molecule has 108 valence electrons. The quantitative estimate of drug-likeness (QED) is 0.921. The highest BCUT2D eigenvalue weighted by Crippen LogP contribution is 2.26. The van der Waals surface area contributed by atoms with Crippen LogP contribution >= 0.6 is 24.0 Å². The van der Waals surface area contributed by atoms with Crippen molar-refractivity contribution in [3.05, 3.63) is 29.0 Å². The largest absolute Gasteiger partial charge is 0.330 e. The third-order valence-electron chi connectivity index (χ3n) is 3.06. The molecular weight excluding hydrogens is 314 g/mol. The minimum atomic E-state index is -3.67. The van der Waals surface area contributed by atoms with Gasteiger partial charge in [0.05, 0.1) is 4.90 Å². The molecule has 1 saturated heterocycles. The van der Waals surface area contributed by atoms with Gasteiger partial charge in [-0.05, 0) is 37.1 Å². The van der Waals surface area contributed by atoms with Crippen LogP contribution in [0, 0.1) is 11.7 Å². The molecule has 0 amide bonds. The molecule has 0 saturated carbocycles. The van der Waals surface area contributed by atoms with Gasteiger partial charge in [-0.3, -0.25) is 0 Å². The van der Waals surface area contributed by atoms with E-state index in [1.54, 1.807) is 0 Å². The smallest absolute Gasteiger partial charge is 0.243 e. The standard InChI is InChI=1S/C11H14ClFN2O2S.ClH/c12-9-3-10(13)5-11(4-9)18(16,17)15-2-1-8(6-14)7-15;/h3-5,8H,1-2,6-7,14H2;1H. The Morgan fingerprint density at radius 3 is 2.63 bits per heavy atom. The van der Waals surface area contributed by atoms with Crippen molar-refractivity contribution in [3.8, 4) is 0 Å². The maximum atomic E-state index is 13.2. The van der Waals surface area contributed by atoms with Crippen LogP contribution < -0.4 is 5.73 Å². The van der Waals surface area contributed by atoms with Gasteiger partial charge in [-0.15, -0.1) is 12.4 Å². The molecular formula is C11H15Cl2FN2O2S. The minimum absolute atomic E-state index is 0. The lowest BCUT2D eigenvalue weighted by atomic mass is 10.1. The fraction of sp³-hybridized carbons (Fsp3) is 0.455. The molecule has 0 radical (unpaired) electrons. The lowest BCUT2D eigenvalue weighted by Crippen LogP contribution is -2.30. The molecule has 1 unspecified atom stereocenters. The zero-order valence-electron chi connectivity index (χ0n) is 10.1. The van der Waals surface area contributed by atoms with E-state index in [1.807, 2.05) is 0 Å². The third-order valence-corrected chi connectivity index (χ3v) is 5.12. The van der Waals surface area contributed by atoms with Crippen LogP contribution in [-0.2, 0) is 10.0 Å². The number of nitrogens with zero attached hydrogens (tertiary/aromatic N) is 1. The molecule has 1 atom stereocenters. The molecule has 2 rings (SSSR count). The van der Waals surface area contributed by atoms with Gasteiger partial charge in [0.25, 0.3) is 0 Å². The predicted molar refractivity (Wildman–Crippen MR) is 74.6 cm³/mol. The summed E-state index contributed by atoms with van der Waals surface area (Å²) in [7, 11) is -3.67. The summed E-state index contributed by atoms with van der Waals surface area (Å²) in [5.41, 5.74) is 5.52. The van der Waals surface area contributed by atoms with Gasteiger partial charge in [-0.1, -0.05) is 11.6 Å². The van der Waals surface area contributed by atoms with Crippen molar-refractivity contribution in [1.82, 2.24) is 4.31 Å². The zero-order valence-corrected chi connectivity index (χ0v) is 12.4. The van der Waals surface area contributed by atoms with E-state index in [0.717, 1.165) is 18.6 Å². The zero-order chi connectivity index (χ0) is 13.3. The normalized spacial score (nSPS) is 20.3. The SMILES string of the molecule is Cl.NCC1CCN(S(=O)(=O)c2cc(F)cc(Cl)c2)C1. The van der Waals surface area contributed by atoms with Crippen LogP contribution in [0.3, 0.4) is 0 Å². The summed E-state index contributed by atoms with van der Waals surface area (Å²) in [5.74, 6) is -0.487. The average molecular weight is 329 g/mol. The first-order chi connectivity index (χ1) is 8.43. The topological polar surface area (TPSA) is 63.4 Å². The fourth-order valence-electron chi connectivity index (χ4n) is 2.03. The average Bonchev–Trinajstić information content (AvgIpc) is 2.76. The van der Waals surface area contributed by atoms with Gasteiger partial charge in [0, 0.05) is 18.1 Å². The Balaban J connectivity index is 0.00000180. The number of sulfonamides is 1.